The van der Waals surface area contributed by atoms with Crippen molar-refractivity contribution in [2.75, 3.05) is 0 Å². The molecule has 78 valence electrons. The van der Waals surface area contributed by atoms with Crippen molar-refractivity contribution in [2.24, 2.45) is 0 Å². The Labute approximate surface area is 80.8 Å². The molecule has 1 aliphatic heterocycles. The lowest BCUT2D eigenvalue weighted by Crippen LogP contribution is -2.56. The largest absolute Gasteiger partial charge is 0.437 e. The molecule has 0 amide bonds. The minimum atomic E-state index is -1.01. The van der Waals surface area contributed by atoms with E-state index in [4.69, 9.17) is 0 Å². The second-order valence-corrected chi connectivity index (χ2v) is 3.63. The molecule has 14 heavy (non-hydrogen) atoms. The van der Waals surface area contributed by atoms with Gasteiger partial charge in [0.25, 0.3) is 0 Å². The minimum absolute atomic E-state index is 0.583. The Morgan fingerprint density at radius 2 is 1.43 bits per heavy atom. The van der Waals surface area contributed by atoms with Gasteiger partial charge in [-0.05, 0) is 12.8 Å². The maximum Gasteiger partial charge on any atom is 0.437 e. The van der Waals surface area contributed by atoms with E-state index in [2.05, 4.69) is 20.6 Å². The van der Waals surface area contributed by atoms with Crippen molar-refractivity contribution in [3.05, 3.63) is 0 Å². The number of nitrogens with one attached hydrogen (secondary N) is 2. The topological polar surface area (TPSA) is 76.7 Å². The molecule has 2 fully saturated rings. The van der Waals surface area contributed by atoms with Crippen LogP contribution < -0.4 is 11.0 Å². The summed E-state index contributed by atoms with van der Waals surface area (Å²) in [6, 6.07) is 0. The van der Waals surface area contributed by atoms with E-state index < -0.39 is 17.6 Å². The molecule has 0 aromatic carbocycles. The van der Waals surface area contributed by atoms with Crippen LogP contribution in [0.1, 0.15) is 32.1 Å². The molecule has 1 saturated heterocycles. The van der Waals surface area contributed by atoms with Crippen molar-refractivity contribution in [3.8, 4) is 0 Å². The van der Waals surface area contributed by atoms with Crippen LogP contribution in [0.25, 0.3) is 0 Å². The molecule has 6 heteroatoms. The summed E-state index contributed by atoms with van der Waals surface area (Å²) in [7, 11) is 0. The van der Waals surface area contributed by atoms with E-state index in [0.29, 0.717) is 0 Å². The summed E-state index contributed by atoms with van der Waals surface area (Å²) in [6.45, 7) is 0. The van der Waals surface area contributed by atoms with Gasteiger partial charge in [0.15, 0.2) is 0 Å². The summed E-state index contributed by atoms with van der Waals surface area (Å²) in [5.41, 5.74) is 4.56. The molecule has 0 unspecified atom stereocenters. The van der Waals surface area contributed by atoms with Crippen LogP contribution in [0.2, 0.25) is 0 Å². The van der Waals surface area contributed by atoms with Crippen LogP contribution in [-0.2, 0) is 19.3 Å². The molecule has 1 spiro atoms. The summed E-state index contributed by atoms with van der Waals surface area (Å²) in [6.07, 6.45) is 4.71. The molecule has 1 heterocycles. The lowest BCUT2D eigenvalue weighted by Gasteiger charge is -2.34. The lowest BCUT2D eigenvalue weighted by molar-refractivity contribution is -0.169. The molecule has 0 bridgehead atoms. The number of hydrogen-bond donors (Lipinski definition) is 2. The normalized spacial score (nSPS) is 26.6. The molecule has 1 aliphatic carbocycles. The highest BCUT2D eigenvalue weighted by atomic mass is 16.8. The van der Waals surface area contributed by atoms with Crippen LogP contribution in [0, 0.1) is 0 Å². The quantitative estimate of drug-likeness (QED) is 0.525. The molecule has 2 rings (SSSR count). The Morgan fingerprint density at radius 3 is 1.93 bits per heavy atom. The van der Waals surface area contributed by atoms with Crippen LogP contribution in [0.3, 0.4) is 0 Å². The van der Waals surface area contributed by atoms with Gasteiger partial charge in [0.05, 0.1) is 0 Å². The first-order valence-electron chi connectivity index (χ1n) is 4.68. The fourth-order valence-corrected chi connectivity index (χ4v) is 1.75. The van der Waals surface area contributed by atoms with Crippen LogP contribution in [0.5, 0.6) is 0 Å². The zero-order valence-corrected chi connectivity index (χ0v) is 7.67. The SMILES string of the molecule is O=C1ONC2(CCCCC2)NOC1=O. The standard InChI is InChI=1S/C8H12N2O4/c11-6-7(12)14-10-8(9-13-6)4-2-1-3-5-8/h9-10H,1-5H2. The molecule has 1 saturated carbocycles. The maximum absolute atomic E-state index is 10.8. The van der Waals surface area contributed by atoms with Crippen molar-refractivity contribution < 1.29 is 19.3 Å². The monoisotopic (exact) mass is 200 g/mol. The Hall–Kier alpha value is -1.14. The second-order valence-electron chi connectivity index (χ2n) is 3.63. The Bertz CT molecular complexity index is 240. The van der Waals surface area contributed by atoms with Crippen LogP contribution in [-0.4, -0.2) is 17.6 Å². The fraction of sp³-hybridized carbons (Fsp3) is 0.750. The van der Waals surface area contributed by atoms with Gasteiger partial charge in [-0.1, -0.05) is 19.3 Å². The molecule has 2 aliphatic rings. The smallest absolute Gasteiger partial charge is 0.360 e. The number of hydroxylamine groups is 2. The molecule has 0 aromatic heterocycles. The van der Waals surface area contributed by atoms with Gasteiger partial charge >= 0.3 is 11.9 Å². The number of rotatable bonds is 0. The summed E-state index contributed by atoms with van der Waals surface area (Å²) < 4.78 is 0. The third-order valence-corrected chi connectivity index (χ3v) is 2.55. The van der Waals surface area contributed by atoms with E-state index in [9.17, 15) is 9.59 Å². The van der Waals surface area contributed by atoms with Crippen molar-refractivity contribution in [1.29, 1.82) is 0 Å². The molecule has 2 N–H and O–H groups in total. The van der Waals surface area contributed by atoms with Gasteiger partial charge in [-0.15, -0.1) is 11.0 Å². The first-order valence-corrected chi connectivity index (χ1v) is 4.68. The van der Waals surface area contributed by atoms with E-state index in [1.165, 1.54) is 0 Å². The molecule has 0 atom stereocenters. The van der Waals surface area contributed by atoms with E-state index in [-0.39, 0.29) is 0 Å². The van der Waals surface area contributed by atoms with Gasteiger partial charge in [0.2, 0.25) is 0 Å². The molecular formula is C8H12N2O4. The zero-order chi connectivity index (χ0) is 10.0. The molecule has 0 radical (unpaired) electrons. The number of hydrogen-bond acceptors (Lipinski definition) is 6. The van der Waals surface area contributed by atoms with Crippen LogP contribution >= 0.6 is 0 Å². The lowest BCUT2D eigenvalue weighted by atomic mass is 9.90. The zero-order valence-electron chi connectivity index (χ0n) is 7.67. The van der Waals surface area contributed by atoms with E-state index in [0.717, 1.165) is 32.1 Å². The van der Waals surface area contributed by atoms with Crippen molar-refractivity contribution in [1.82, 2.24) is 11.0 Å². The van der Waals surface area contributed by atoms with Gasteiger partial charge in [-0.2, -0.15) is 0 Å². The predicted molar refractivity (Wildman–Crippen MR) is 44.3 cm³/mol. The third kappa shape index (κ3) is 1.71. The Kier molecular flexibility index (Phi) is 2.39. The van der Waals surface area contributed by atoms with Gasteiger partial charge in [0.1, 0.15) is 5.66 Å². The van der Waals surface area contributed by atoms with Crippen LogP contribution in [0.4, 0.5) is 0 Å². The summed E-state index contributed by atoms with van der Waals surface area (Å²) in [4.78, 5) is 30.8. The molecule has 0 aromatic rings. The van der Waals surface area contributed by atoms with Gasteiger partial charge in [-0.3, -0.25) is 0 Å². The maximum atomic E-state index is 10.8. The third-order valence-electron chi connectivity index (χ3n) is 2.55. The van der Waals surface area contributed by atoms with Crippen LogP contribution in [0.15, 0.2) is 0 Å². The first kappa shape index (κ1) is 9.42. The molecular weight excluding hydrogens is 188 g/mol. The second kappa shape index (κ2) is 3.55. The number of carbonyl (C=O) groups is 2. The predicted octanol–water partition coefficient (Wildman–Crippen LogP) is -0.244. The highest BCUT2D eigenvalue weighted by Gasteiger charge is 2.39. The highest BCUT2D eigenvalue weighted by Crippen LogP contribution is 2.26. The van der Waals surface area contributed by atoms with Gasteiger partial charge in [0, 0.05) is 0 Å². The fourth-order valence-electron chi connectivity index (χ4n) is 1.75. The summed E-state index contributed by atoms with van der Waals surface area (Å²) in [5, 5.41) is 0. The van der Waals surface area contributed by atoms with Crippen molar-refractivity contribution in [3.63, 3.8) is 0 Å². The summed E-state index contributed by atoms with van der Waals surface area (Å²) in [5.74, 6) is -2.03. The van der Waals surface area contributed by atoms with Gasteiger partial charge in [-0.25, -0.2) is 9.59 Å². The minimum Gasteiger partial charge on any atom is -0.360 e. The number of carbonyl (C=O) groups excluding carboxylic acids is 2. The Balaban J connectivity index is 2.06. The van der Waals surface area contributed by atoms with Crippen molar-refractivity contribution in [2.45, 2.75) is 37.8 Å². The summed E-state index contributed by atoms with van der Waals surface area (Å²) >= 11 is 0. The first-order chi connectivity index (χ1) is 6.72. The van der Waals surface area contributed by atoms with E-state index in [1.54, 1.807) is 0 Å². The molecule has 6 nitrogen and oxygen atoms in total. The van der Waals surface area contributed by atoms with Crippen molar-refractivity contribution >= 4 is 11.9 Å². The average molecular weight is 200 g/mol. The highest BCUT2D eigenvalue weighted by molar-refractivity contribution is 6.29. The van der Waals surface area contributed by atoms with Gasteiger partial charge < -0.3 is 9.68 Å². The average Bonchev–Trinajstić information content (AvgIpc) is 2.35. The Morgan fingerprint density at radius 1 is 0.929 bits per heavy atom. The van der Waals surface area contributed by atoms with E-state index >= 15 is 0 Å². The van der Waals surface area contributed by atoms with E-state index in [1.807, 2.05) is 0 Å².